The fourth-order valence-electron chi connectivity index (χ4n) is 2.41. The number of hydrogen-bond acceptors (Lipinski definition) is 4. The summed E-state index contributed by atoms with van der Waals surface area (Å²) in [6, 6.07) is 6.96. The highest BCUT2D eigenvalue weighted by Gasteiger charge is 2.29. The van der Waals surface area contributed by atoms with Crippen molar-refractivity contribution in [2.45, 2.75) is 51.4 Å². The van der Waals surface area contributed by atoms with Crippen molar-refractivity contribution >= 4 is 17.7 Å². The molecular formula is C17H25NO2S. The van der Waals surface area contributed by atoms with Gasteiger partial charge in [0.15, 0.2) is 0 Å². The molecule has 2 rings (SSSR count). The van der Waals surface area contributed by atoms with Crippen molar-refractivity contribution in [2.24, 2.45) is 0 Å². The van der Waals surface area contributed by atoms with Gasteiger partial charge in [-0.1, -0.05) is 29.3 Å². The van der Waals surface area contributed by atoms with Gasteiger partial charge in [-0.2, -0.15) is 11.8 Å². The van der Waals surface area contributed by atoms with Gasteiger partial charge >= 0.3 is 5.97 Å². The van der Waals surface area contributed by atoms with Crippen molar-refractivity contribution in [3.05, 3.63) is 34.9 Å². The molecule has 116 valence electrons. The molecule has 0 spiro atoms. The first-order valence-corrected chi connectivity index (χ1v) is 8.81. The molecule has 1 fully saturated rings. The number of nitrogens with one attached hydrogen (secondary N) is 1. The largest absolute Gasteiger partial charge is 0.465 e. The van der Waals surface area contributed by atoms with Crippen molar-refractivity contribution in [1.29, 1.82) is 0 Å². The van der Waals surface area contributed by atoms with Gasteiger partial charge in [0.1, 0.15) is 6.04 Å². The van der Waals surface area contributed by atoms with Gasteiger partial charge in [0.05, 0.1) is 6.61 Å². The normalized spacial score (nSPS) is 15.8. The van der Waals surface area contributed by atoms with Gasteiger partial charge in [0.2, 0.25) is 0 Å². The zero-order valence-electron chi connectivity index (χ0n) is 13.1. The molecule has 21 heavy (non-hydrogen) atoms. The van der Waals surface area contributed by atoms with Crippen molar-refractivity contribution < 1.29 is 9.53 Å². The van der Waals surface area contributed by atoms with E-state index < -0.39 is 0 Å². The van der Waals surface area contributed by atoms with Crippen LogP contribution < -0.4 is 5.32 Å². The van der Waals surface area contributed by atoms with Crippen molar-refractivity contribution in [1.82, 2.24) is 5.32 Å². The van der Waals surface area contributed by atoms with Crippen LogP contribution >= 0.6 is 11.8 Å². The maximum atomic E-state index is 12.0. The molecule has 1 aliphatic carbocycles. The third-order valence-electron chi connectivity index (χ3n) is 3.42. The monoisotopic (exact) mass is 307 g/mol. The number of carbonyl (C=O) groups is 1. The summed E-state index contributed by atoms with van der Waals surface area (Å²) in [6.07, 6.45) is 2.36. The summed E-state index contributed by atoms with van der Waals surface area (Å²) in [5.74, 6) is 1.59. The molecule has 1 aromatic carbocycles. The van der Waals surface area contributed by atoms with Gasteiger partial charge in [0, 0.05) is 17.5 Å². The molecule has 0 saturated heterocycles. The van der Waals surface area contributed by atoms with Gasteiger partial charge in [-0.3, -0.25) is 4.79 Å². The Labute approximate surface area is 131 Å². The smallest absolute Gasteiger partial charge is 0.323 e. The first kappa shape index (κ1) is 16.4. The molecular weight excluding hydrogens is 282 g/mol. The van der Waals surface area contributed by atoms with Crippen LogP contribution in [-0.4, -0.2) is 30.4 Å². The third-order valence-corrected chi connectivity index (χ3v) is 4.53. The Hall–Kier alpha value is -1.00. The topological polar surface area (TPSA) is 38.3 Å². The molecule has 4 heteroatoms. The van der Waals surface area contributed by atoms with Crippen LogP contribution in [0.4, 0.5) is 0 Å². The lowest BCUT2D eigenvalue weighted by Gasteiger charge is -2.16. The van der Waals surface area contributed by atoms with Gasteiger partial charge in [-0.05, 0) is 39.2 Å². The predicted molar refractivity (Wildman–Crippen MR) is 88.7 cm³/mol. The lowest BCUT2D eigenvalue weighted by Crippen LogP contribution is -2.41. The molecule has 0 bridgehead atoms. The highest BCUT2D eigenvalue weighted by Crippen LogP contribution is 2.22. The fraction of sp³-hybridized carbons (Fsp3) is 0.588. The zero-order chi connectivity index (χ0) is 15.2. The van der Waals surface area contributed by atoms with E-state index in [4.69, 9.17) is 4.74 Å². The van der Waals surface area contributed by atoms with E-state index in [1.54, 1.807) is 11.8 Å². The van der Waals surface area contributed by atoms with Crippen molar-refractivity contribution in [3.63, 3.8) is 0 Å². The highest BCUT2D eigenvalue weighted by molar-refractivity contribution is 7.98. The Kier molecular flexibility index (Phi) is 6.12. The molecule has 1 N–H and O–H groups in total. The summed E-state index contributed by atoms with van der Waals surface area (Å²) in [6.45, 7) is 6.55. The third kappa shape index (κ3) is 5.71. The number of hydrogen-bond donors (Lipinski definition) is 1. The molecule has 1 aromatic rings. The summed E-state index contributed by atoms with van der Waals surface area (Å²) < 4.78 is 5.16. The molecule has 1 unspecified atom stereocenters. The average molecular weight is 307 g/mol. The van der Waals surface area contributed by atoms with Crippen molar-refractivity contribution in [2.75, 3.05) is 12.4 Å². The van der Waals surface area contributed by atoms with Crippen LogP contribution in [0.2, 0.25) is 0 Å². The quantitative estimate of drug-likeness (QED) is 0.748. The standard InChI is InChI=1S/C17H25NO2S/c1-4-20-17(19)16(18-15-5-6-15)11-21-10-14-8-12(2)7-13(3)9-14/h7-9,15-16,18H,4-6,10-11H2,1-3H3. The second-order valence-corrected chi connectivity index (χ2v) is 6.79. The van der Waals surface area contributed by atoms with Crippen LogP contribution in [0.25, 0.3) is 0 Å². The second kappa shape index (κ2) is 7.85. The molecule has 1 atom stereocenters. The van der Waals surface area contributed by atoms with E-state index in [-0.39, 0.29) is 12.0 Å². The van der Waals surface area contributed by atoms with Crippen LogP contribution in [-0.2, 0) is 15.3 Å². The van der Waals surface area contributed by atoms with Gasteiger partial charge in [-0.25, -0.2) is 0 Å². The summed E-state index contributed by atoms with van der Waals surface area (Å²) in [4.78, 5) is 12.0. The summed E-state index contributed by atoms with van der Waals surface area (Å²) in [7, 11) is 0. The minimum Gasteiger partial charge on any atom is -0.465 e. The van der Waals surface area contributed by atoms with E-state index in [9.17, 15) is 4.79 Å². The summed E-state index contributed by atoms with van der Waals surface area (Å²) in [5, 5.41) is 3.39. The first-order chi connectivity index (χ1) is 10.1. The maximum Gasteiger partial charge on any atom is 0.323 e. The molecule has 0 amide bonds. The predicted octanol–water partition coefficient (Wildman–Crippen LogP) is 3.22. The highest BCUT2D eigenvalue weighted by atomic mass is 32.2. The number of thioether (sulfide) groups is 1. The van der Waals surface area contributed by atoms with E-state index in [0.717, 1.165) is 11.5 Å². The number of benzene rings is 1. The molecule has 0 aliphatic heterocycles. The summed E-state index contributed by atoms with van der Waals surface area (Å²) in [5.41, 5.74) is 3.92. The van der Waals surface area contributed by atoms with Gasteiger partial charge < -0.3 is 10.1 Å². The molecule has 0 radical (unpaired) electrons. The van der Waals surface area contributed by atoms with E-state index in [0.29, 0.717) is 12.6 Å². The second-order valence-electron chi connectivity index (χ2n) is 5.76. The minimum atomic E-state index is -0.173. The van der Waals surface area contributed by atoms with Crippen LogP contribution in [0.1, 0.15) is 36.5 Å². The first-order valence-electron chi connectivity index (χ1n) is 7.66. The van der Waals surface area contributed by atoms with E-state index in [2.05, 4.69) is 37.4 Å². The fourth-order valence-corrected chi connectivity index (χ4v) is 3.40. The summed E-state index contributed by atoms with van der Waals surface area (Å²) >= 11 is 1.79. The van der Waals surface area contributed by atoms with E-state index >= 15 is 0 Å². The Morgan fingerprint density at radius 1 is 1.33 bits per heavy atom. The molecule has 1 aliphatic rings. The van der Waals surface area contributed by atoms with Crippen LogP contribution in [0, 0.1) is 13.8 Å². The molecule has 1 saturated carbocycles. The number of aryl methyl sites for hydroxylation is 2. The Balaban J connectivity index is 1.84. The molecule has 0 aromatic heterocycles. The van der Waals surface area contributed by atoms with Crippen molar-refractivity contribution in [3.8, 4) is 0 Å². The molecule has 3 nitrogen and oxygen atoms in total. The van der Waals surface area contributed by atoms with Gasteiger partial charge in [-0.15, -0.1) is 0 Å². The lowest BCUT2D eigenvalue weighted by atomic mass is 10.1. The Morgan fingerprint density at radius 2 is 2.00 bits per heavy atom. The molecule has 0 heterocycles. The average Bonchev–Trinajstić information content (AvgIpc) is 3.20. The lowest BCUT2D eigenvalue weighted by molar-refractivity contribution is -0.145. The zero-order valence-corrected chi connectivity index (χ0v) is 14.0. The van der Waals surface area contributed by atoms with E-state index in [1.807, 2.05) is 6.92 Å². The number of carbonyl (C=O) groups excluding carboxylic acids is 1. The maximum absolute atomic E-state index is 12.0. The van der Waals surface area contributed by atoms with Gasteiger partial charge in [0.25, 0.3) is 0 Å². The number of ether oxygens (including phenoxy) is 1. The number of rotatable bonds is 8. The van der Waals surface area contributed by atoms with E-state index in [1.165, 1.54) is 29.5 Å². The van der Waals surface area contributed by atoms with Crippen LogP contribution in [0.3, 0.4) is 0 Å². The van der Waals surface area contributed by atoms with Crippen LogP contribution in [0.15, 0.2) is 18.2 Å². The Bertz CT molecular complexity index is 465. The Morgan fingerprint density at radius 3 is 2.57 bits per heavy atom. The SMILES string of the molecule is CCOC(=O)C(CSCc1cc(C)cc(C)c1)NC1CC1. The number of esters is 1. The minimum absolute atomic E-state index is 0.114. The van der Waals surface area contributed by atoms with Crippen LogP contribution in [0.5, 0.6) is 0 Å².